The molecule has 0 amide bonds. The molecule has 0 saturated heterocycles. The molecule has 7 aromatic rings. The first-order chi connectivity index (χ1) is 24.0. The fourth-order valence-electron chi connectivity index (χ4n) is 9.36. The third kappa shape index (κ3) is 3.81. The van der Waals surface area contributed by atoms with Gasteiger partial charge in [-0.3, -0.25) is 0 Å². The van der Waals surface area contributed by atoms with Crippen LogP contribution in [0.25, 0.3) is 48.7 Å². The predicted molar refractivity (Wildman–Crippen MR) is 209 cm³/mol. The maximum Gasteiger partial charge on any atom is 0.208 e. The highest BCUT2D eigenvalue weighted by Crippen LogP contribution is 2.52. The molecule has 1 aromatic heterocycles. The van der Waals surface area contributed by atoms with E-state index in [0.717, 1.165) is 55.0 Å². The Kier molecular flexibility index (Phi) is 5.99. The minimum absolute atomic E-state index is 0.405. The molecular weight excluding hydrogens is 649 g/mol. The molecule has 0 fully saturated rings. The van der Waals surface area contributed by atoms with Crippen molar-refractivity contribution < 1.29 is 8.42 Å². The monoisotopic (exact) mass is 682 g/mol. The molecule has 6 aromatic carbocycles. The number of fused-ring (bicyclic) bond motifs is 10. The largest absolute Gasteiger partial charge is 0.218 e. The average Bonchev–Trinajstić information content (AvgIpc) is 3.75. The van der Waals surface area contributed by atoms with Crippen LogP contribution in [0.2, 0.25) is 0 Å². The smallest absolute Gasteiger partial charge is 0.208 e. The van der Waals surface area contributed by atoms with E-state index in [0.29, 0.717) is 9.80 Å². The molecule has 0 bridgehead atoms. The Morgan fingerprint density at radius 2 is 1.04 bits per heavy atom. The van der Waals surface area contributed by atoms with Crippen molar-refractivity contribution in [3.63, 3.8) is 0 Å². The zero-order chi connectivity index (χ0) is 34.4. The van der Waals surface area contributed by atoms with Crippen LogP contribution in [0.15, 0.2) is 107 Å². The Bertz CT molecular complexity index is 3000. The SMILES string of the molecule is Cc1cc(C)c(C2=c3cc4cc5c(cc4cc3C3=C2S(=O)(=O)c2ccccc23)=C(c2c(C)cc(C)cc2C)c2sc3ccccc3c2-5)c(C)c1. The van der Waals surface area contributed by atoms with Crippen molar-refractivity contribution in [2.45, 2.75) is 46.4 Å². The van der Waals surface area contributed by atoms with Gasteiger partial charge in [-0.2, -0.15) is 0 Å². The summed E-state index contributed by atoms with van der Waals surface area (Å²) < 4.78 is 30.3. The Balaban J connectivity index is 1.37. The van der Waals surface area contributed by atoms with Crippen molar-refractivity contribution in [3.8, 4) is 11.1 Å². The van der Waals surface area contributed by atoms with Gasteiger partial charge in [-0.15, -0.1) is 11.3 Å². The van der Waals surface area contributed by atoms with E-state index in [4.69, 9.17) is 0 Å². The standard InChI is InChI=1S/C46H34O2S2/c1-23-15-25(3)39(26(4)16-23)43-35-21-30-20-34-36(22-29(30)19-33(35)41-31-11-7-9-13-37(31)49-45(41)43)44(40-27(5)17-24(2)18-28(40)6)46-42(34)32-12-8-10-14-38(32)50(46,47)48/h7-22H,1-6H3. The summed E-state index contributed by atoms with van der Waals surface area (Å²) in [7, 11) is -3.74. The summed E-state index contributed by atoms with van der Waals surface area (Å²) in [6.45, 7) is 13.0. The molecule has 0 radical (unpaired) electrons. The summed E-state index contributed by atoms with van der Waals surface area (Å²) in [6, 6.07) is 34.5. The third-order valence-electron chi connectivity index (χ3n) is 11.0. The van der Waals surface area contributed by atoms with Crippen LogP contribution in [0.5, 0.6) is 0 Å². The first-order valence-corrected chi connectivity index (χ1v) is 19.5. The number of thiophene rings is 1. The Hall–Kier alpha value is -5.03. The molecule has 0 N–H and O–H groups in total. The van der Waals surface area contributed by atoms with Gasteiger partial charge in [-0.05, 0) is 144 Å². The summed E-state index contributed by atoms with van der Waals surface area (Å²) in [5, 5.41) is 5.77. The lowest BCUT2D eigenvalue weighted by Crippen LogP contribution is -2.15. The van der Waals surface area contributed by atoms with Gasteiger partial charge in [0.25, 0.3) is 0 Å². The van der Waals surface area contributed by atoms with Gasteiger partial charge in [0.1, 0.15) is 0 Å². The topological polar surface area (TPSA) is 34.1 Å². The van der Waals surface area contributed by atoms with Gasteiger partial charge in [-0.1, -0.05) is 71.8 Å². The van der Waals surface area contributed by atoms with Gasteiger partial charge in [0.15, 0.2) is 0 Å². The van der Waals surface area contributed by atoms with E-state index in [2.05, 4.69) is 114 Å². The molecule has 10 rings (SSSR count). The van der Waals surface area contributed by atoms with Crippen LogP contribution in [0, 0.1) is 41.5 Å². The molecule has 2 aliphatic carbocycles. The number of benzene rings is 6. The van der Waals surface area contributed by atoms with Crippen LogP contribution < -0.4 is 10.4 Å². The second kappa shape index (κ2) is 10.0. The van der Waals surface area contributed by atoms with Crippen LogP contribution in [0.4, 0.5) is 0 Å². The molecule has 0 unspecified atom stereocenters. The molecular formula is C46H34O2S2. The van der Waals surface area contributed by atoms with E-state index in [1.54, 1.807) is 6.07 Å². The number of aryl methyl sites for hydroxylation is 6. The maximum atomic E-state index is 14.5. The molecule has 4 heteroatoms. The van der Waals surface area contributed by atoms with Crippen LogP contribution in [-0.2, 0) is 9.84 Å². The minimum atomic E-state index is -3.74. The highest BCUT2D eigenvalue weighted by atomic mass is 32.2. The zero-order valence-electron chi connectivity index (χ0n) is 28.9. The average molecular weight is 683 g/mol. The van der Waals surface area contributed by atoms with Crippen molar-refractivity contribution in [3.05, 3.63) is 173 Å². The van der Waals surface area contributed by atoms with Crippen molar-refractivity contribution >= 4 is 58.8 Å². The van der Waals surface area contributed by atoms with Gasteiger partial charge >= 0.3 is 0 Å². The van der Waals surface area contributed by atoms with Crippen molar-refractivity contribution in [2.24, 2.45) is 0 Å². The zero-order valence-corrected chi connectivity index (χ0v) is 30.5. The molecule has 0 saturated carbocycles. The summed E-state index contributed by atoms with van der Waals surface area (Å²) in [5.74, 6) is 0. The number of sulfone groups is 1. The normalized spacial score (nSPS) is 15.2. The van der Waals surface area contributed by atoms with Crippen molar-refractivity contribution in [2.75, 3.05) is 0 Å². The Labute approximate surface area is 296 Å². The molecule has 2 nitrogen and oxygen atoms in total. The van der Waals surface area contributed by atoms with E-state index in [1.165, 1.54) is 64.7 Å². The van der Waals surface area contributed by atoms with E-state index < -0.39 is 9.84 Å². The van der Waals surface area contributed by atoms with Crippen molar-refractivity contribution in [1.82, 2.24) is 0 Å². The highest BCUT2D eigenvalue weighted by Gasteiger charge is 2.43. The van der Waals surface area contributed by atoms with Gasteiger partial charge in [0, 0.05) is 42.8 Å². The Morgan fingerprint density at radius 3 is 1.70 bits per heavy atom. The number of hydrogen-bond donors (Lipinski definition) is 0. The molecule has 3 aliphatic rings. The van der Waals surface area contributed by atoms with E-state index in [-0.39, 0.29) is 0 Å². The summed E-state index contributed by atoms with van der Waals surface area (Å²) in [4.78, 5) is 2.19. The number of allylic oxidation sites excluding steroid dienone is 1. The van der Waals surface area contributed by atoms with Gasteiger partial charge in [0.2, 0.25) is 9.84 Å². The summed E-state index contributed by atoms with van der Waals surface area (Å²) in [5.41, 5.74) is 16.9. The lowest BCUT2D eigenvalue weighted by molar-refractivity contribution is 0.604. The van der Waals surface area contributed by atoms with Crippen LogP contribution in [-0.4, -0.2) is 8.42 Å². The van der Waals surface area contributed by atoms with Gasteiger partial charge in [0.05, 0.1) is 9.80 Å². The van der Waals surface area contributed by atoms with Crippen molar-refractivity contribution in [1.29, 1.82) is 0 Å². The fraction of sp³-hybridized carbons (Fsp3) is 0.130. The lowest BCUT2D eigenvalue weighted by atomic mass is 9.91. The Morgan fingerprint density at radius 1 is 0.500 bits per heavy atom. The first-order valence-electron chi connectivity index (χ1n) is 17.2. The van der Waals surface area contributed by atoms with Crippen LogP contribution in [0.1, 0.15) is 60.5 Å². The van der Waals surface area contributed by atoms with E-state index in [1.807, 2.05) is 29.5 Å². The predicted octanol–water partition coefficient (Wildman–Crippen LogP) is 9.89. The number of hydrogen-bond acceptors (Lipinski definition) is 3. The van der Waals surface area contributed by atoms with E-state index >= 15 is 0 Å². The first kappa shape index (κ1) is 29.8. The quantitative estimate of drug-likeness (QED) is 0.182. The second-order valence-corrected chi connectivity index (χ2v) is 17.4. The van der Waals surface area contributed by atoms with Crippen LogP contribution in [0.3, 0.4) is 0 Å². The molecule has 242 valence electrons. The second-order valence-electron chi connectivity index (χ2n) is 14.4. The van der Waals surface area contributed by atoms with E-state index in [9.17, 15) is 8.42 Å². The minimum Gasteiger partial charge on any atom is -0.218 e. The summed E-state index contributed by atoms with van der Waals surface area (Å²) >= 11 is 1.89. The lowest BCUT2D eigenvalue weighted by Gasteiger charge is -2.16. The molecule has 0 spiro atoms. The van der Waals surface area contributed by atoms with Crippen LogP contribution >= 0.6 is 11.3 Å². The molecule has 1 aliphatic heterocycles. The molecule has 0 atom stereocenters. The molecule has 2 heterocycles. The summed E-state index contributed by atoms with van der Waals surface area (Å²) in [6.07, 6.45) is 0. The molecule has 50 heavy (non-hydrogen) atoms. The van der Waals surface area contributed by atoms with Gasteiger partial charge < -0.3 is 0 Å². The maximum absolute atomic E-state index is 14.5. The third-order valence-corrected chi connectivity index (χ3v) is 14.1. The highest BCUT2D eigenvalue weighted by molar-refractivity contribution is 7.96. The number of rotatable bonds is 2. The van der Waals surface area contributed by atoms with Gasteiger partial charge in [-0.25, -0.2) is 8.42 Å². The fourth-order valence-corrected chi connectivity index (χ4v) is 12.5.